The van der Waals surface area contributed by atoms with Crippen LogP contribution in [0.25, 0.3) is 0 Å². The Morgan fingerprint density at radius 3 is 2.43 bits per heavy atom. The maximum atomic E-state index is 12.8. The number of halogens is 2. The molecule has 1 aromatic carbocycles. The van der Waals surface area contributed by atoms with E-state index in [1.54, 1.807) is 5.48 Å². The van der Waals surface area contributed by atoms with Gasteiger partial charge < -0.3 is 4.18 Å². The van der Waals surface area contributed by atoms with Crippen LogP contribution < -0.4 is 9.66 Å². The van der Waals surface area contributed by atoms with Crippen molar-refractivity contribution in [2.45, 2.75) is 54.1 Å². The number of hydrogen-bond donors (Lipinski definition) is 2. The average molecular weight is 514 g/mol. The highest BCUT2D eigenvalue weighted by Gasteiger charge is 2.27. The molecule has 0 fully saturated rings. The predicted molar refractivity (Wildman–Crippen MR) is 117 cm³/mol. The van der Waals surface area contributed by atoms with Crippen molar-refractivity contribution < 1.29 is 26.8 Å². The minimum absolute atomic E-state index is 0.0137. The lowest BCUT2D eigenvalue weighted by atomic mass is 10.1. The van der Waals surface area contributed by atoms with Crippen LogP contribution in [0.15, 0.2) is 40.1 Å². The van der Waals surface area contributed by atoms with Crippen LogP contribution in [-0.4, -0.2) is 29.0 Å². The second kappa shape index (κ2) is 11.4. The van der Waals surface area contributed by atoms with Gasteiger partial charge >= 0.3 is 10.1 Å². The molecule has 0 saturated carbocycles. The Morgan fingerprint density at radius 1 is 1.23 bits per heavy atom. The second-order valence-electron chi connectivity index (χ2n) is 6.31. The molecule has 0 radical (unpaired) electrons. The van der Waals surface area contributed by atoms with Gasteiger partial charge in [0.1, 0.15) is 20.2 Å². The Balaban J connectivity index is 2.13. The Labute approximate surface area is 191 Å². The first-order chi connectivity index (χ1) is 14.2. The molecule has 2 rings (SSSR count). The van der Waals surface area contributed by atoms with Crippen molar-refractivity contribution in [2.24, 2.45) is 0 Å². The van der Waals surface area contributed by atoms with E-state index in [9.17, 15) is 17.4 Å². The molecule has 0 spiro atoms. The summed E-state index contributed by atoms with van der Waals surface area (Å²) in [6, 6.07) is 6.68. The van der Waals surface area contributed by atoms with Gasteiger partial charge in [0, 0.05) is 4.90 Å². The zero-order chi connectivity index (χ0) is 22.3. The summed E-state index contributed by atoms with van der Waals surface area (Å²) in [6.07, 6.45) is 3.96. The summed E-state index contributed by atoms with van der Waals surface area (Å²) in [5.41, 5.74) is 1.57. The Kier molecular flexibility index (Phi) is 9.58. The fourth-order valence-corrected chi connectivity index (χ4v) is 7.02. The summed E-state index contributed by atoms with van der Waals surface area (Å²) in [4.78, 5) is 12.0. The van der Waals surface area contributed by atoms with Gasteiger partial charge in [-0.3, -0.25) is 14.2 Å². The standard InChI is InChI=1S/C18H21Cl2NO6S3/c1-2-3-4-5-6-14(18(22)21-23)29(24)13-9-7-12(8-10-13)27-30(25,26)15-11-16(19)28-17(15)20/h7-11,14,23H,2-6H2,1H3,(H,21,22). The number of nitrogens with one attached hydrogen (secondary N) is 1. The Bertz CT molecular complexity index is 992. The van der Waals surface area contributed by atoms with Crippen molar-refractivity contribution in [3.8, 4) is 5.75 Å². The van der Waals surface area contributed by atoms with E-state index in [1.165, 1.54) is 30.3 Å². The third kappa shape index (κ3) is 6.66. The smallest absolute Gasteiger partial charge is 0.341 e. The number of amides is 1. The highest BCUT2D eigenvalue weighted by Crippen LogP contribution is 2.35. The van der Waals surface area contributed by atoms with E-state index in [0.29, 0.717) is 17.7 Å². The number of hydroxylamine groups is 1. The van der Waals surface area contributed by atoms with Crippen molar-refractivity contribution in [3.05, 3.63) is 39.0 Å². The van der Waals surface area contributed by atoms with Gasteiger partial charge in [0.05, 0.1) is 15.1 Å². The van der Waals surface area contributed by atoms with Gasteiger partial charge in [-0.1, -0.05) is 55.8 Å². The van der Waals surface area contributed by atoms with E-state index >= 15 is 0 Å². The number of thiophene rings is 1. The van der Waals surface area contributed by atoms with E-state index in [0.717, 1.165) is 30.6 Å². The summed E-state index contributed by atoms with van der Waals surface area (Å²) < 4.78 is 42.8. The predicted octanol–water partition coefficient (Wildman–Crippen LogP) is 4.77. The molecule has 2 aromatic rings. The first-order valence-corrected chi connectivity index (χ1v) is 13.2. The van der Waals surface area contributed by atoms with Gasteiger partial charge in [0.15, 0.2) is 0 Å². The first-order valence-electron chi connectivity index (χ1n) is 9.03. The molecule has 7 nitrogen and oxygen atoms in total. The fraction of sp³-hybridized carbons (Fsp3) is 0.389. The summed E-state index contributed by atoms with van der Waals surface area (Å²) in [5.74, 6) is -0.739. The molecule has 0 saturated heterocycles. The van der Waals surface area contributed by atoms with Gasteiger partial charge in [0.25, 0.3) is 5.91 Å². The van der Waals surface area contributed by atoms with E-state index < -0.39 is 32.1 Å². The van der Waals surface area contributed by atoms with E-state index in [1.807, 2.05) is 0 Å². The fourth-order valence-electron chi connectivity index (χ4n) is 2.62. The Hall–Kier alpha value is -1.17. The largest absolute Gasteiger partial charge is 0.379 e. The zero-order valence-electron chi connectivity index (χ0n) is 16.0. The number of benzene rings is 1. The molecule has 2 unspecified atom stereocenters. The zero-order valence-corrected chi connectivity index (χ0v) is 19.9. The average Bonchev–Trinajstić information content (AvgIpc) is 3.06. The number of carbonyl (C=O) groups excluding carboxylic acids is 1. The molecule has 0 aliphatic heterocycles. The highest BCUT2D eigenvalue weighted by atomic mass is 35.5. The molecule has 1 amide bonds. The molecule has 2 N–H and O–H groups in total. The van der Waals surface area contributed by atoms with Crippen molar-refractivity contribution in [1.82, 2.24) is 5.48 Å². The third-order valence-corrected chi connectivity index (χ3v) is 8.84. The molecule has 30 heavy (non-hydrogen) atoms. The lowest BCUT2D eigenvalue weighted by molar-refractivity contribution is -0.128. The highest BCUT2D eigenvalue weighted by molar-refractivity contribution is 7.87. The molecule has 1 aromatic heterocycles. The molecular weight excluding hydrogens is 493 g/mol. The minimum atomic E-state index is -4.19. The van der Waals surface area contributed by atoms with E-state index in [2.05, 4.69) is 6.92 Å². The second-order valence-corrected chi connectivity index (χ2v) is 11.7. The first kappa shape index (κ1) is 25.1. The van der Waals surface area contributed by atoms with E-state index in [-0.39, 0.29) is 19.3 Å². The van der Waals surface area contributed by atoms with Crippen molar-refractivity contribution in [1.29, 1.82) is 0 Å². The van der Waals surface area contributed by atoms with Crippen molar-refractivity contribution in [3.63, 3.8) is 0 Å². The van der Waals surface area contributed by atoms with Gasteiger partial charge in [-0.2, -0.15) is 8.42 Å². The molecule has 166 valence electrons. The normalized spacial score (nSPS) is 13.6. The van der Waals surface area contributed by atoms with Gasteiger partial charge in [0.2, 0.25) is 0 Å². The summed E-state index contributed by atoms with van der Waals surface area (Å²) in [7, 11) is -5.92. The van der Waals surface area contributed by atoms with E-state index in [4.69, 9.17) is 32.6 Å². The molecule has 2 atom stereocenters. The molecular formula is C18H21Cl2NO6S3. The number of carbonyl (C=O) groups is 1. The van der Waals surface area contributed by atoms with Gasteiger partial charge in [-0.25, -0.2) is 5.48 Å². The molecule has 12 heteroatoms. The summed E-state index contributed by atoms with van der Waals surface area (Å²) in [6.45, 7) is 2.06. The summed E-state index contributed by atoms with van der Waals surface area (Å²) in [5, 5.41) is 8.05. The number of unbranched alkanes of at least 4 members (excludes halogenated alkanes) is 3. The van der Waals surface area contributed by atoms with Crippen molar-refractivity contribution in [2.75, 3.05) is 0 Å². The Morgan fingerprint density at radius 2 is 1.90 bits per heavy atom. The molecule has 0 aliphatic rings. The maximum Gasteiger partial charge on any atom is 0.341 e. The molecule has 0 aliphatic carbocycles. The third-order valence-electron chi connectivity index (χ3n) is 4.14. The summed E-state index contributed by atoms with van der Waals surface area (Å²) >= 11 is 12.6. The maximum absolute atomic E-state index is 12.8. The van der Waals surface area contributed by atoms with Crippen LogP contribution in [0.1, 0.15) is 39.0 Å². The monoisotopic (exact) mass is 513 g/mol. The van der Waals surface area contributed by atoms with Crippen LogP contribution in [0.4, 0.5) is 0 Å². The SMILES string of the molecule is CCCCCCC(C(=O)NO)S(=O)c1ccc(OS(=O)(=O)c2cc(Cl)sc2Cl)cc1. The van der Waals surface area contributed by atoms with Crippen LogP contribution in [-0.2, 0) is 25.7 Å². The molecule has 0 bridgehead atoms. The molecule has 1 heterocycles. The number of hydrogen-bond acceptors (Lipinski definition) is 7. The quantitative estimate of drug-likeness (QED) is 0.193. The minimum Gasteiger partial charge on any atom is -0.379 e. The van der Waals surface area contributed by atoms with Crippen LogP contribution in [0.2, 0.25) is 8.67 Å². The number of rotatable bonds is 11. The van der Waals surface area contributed by atoms with Crippen LogP contribution >= 0.6 is 34.5 Å². The lowest BCUT2D eigenvalue weighted by Gasteiger charge is -2.15. The van der Waals surface area contributed by atoms with Crippen molar-refractivity contribution >= 4 is 61.4 Å². The lowest BCUT2D eigenvalue weighted by Crippen LogP contribution is -2.35. The topological polar surface area (TPSA) is 110 Å². The van der Waals surface area contributed by atoms with Crippen LogP contribution in [0, 0.1) is 0 Å². The van der Waals surface area contributed by atoms with Gasteiger partial charge in [-0.15, -0.1) is 11.3 Å². The van der Waals surface area contributed by atoms with Gasteiger partial charge in [-0.05, 0) is 36.8 Å². The van der Waals surface area contributed by atoms with Crippen LogP contribution in [0.3, 0.4) is 0 Å². The van der Waals surface area contributed by atoms with Crippen LogP contribution in [0.5, 0.6) is 5.75 Å².